The topological polar surface area (TPSA) is 87.1 Å². The first-order chi connectivity index (χ1) is 23.8. The smallest absolute Gasteiger partial charge is 0.309 e. The first kappa shape index (κ1) is 45.9. The summed E-state index contributed by atoms with van der Waals surface area (Å²) in [7, 11) is 0. The van der Waals surface area contributed by atoms with Crippen LogP contribution in [-0.2, 0) is 14.3 Å². The number of likely N-dealkylation sites (tertiary alicyclic amines) is 1. The molecule has 1 aliphatic heterocycles. The van der Waals surface area contributed by atoms with Gasteiger partial charge in [-0.1, -0.05) is 143 Å². The van der Waals surface area contributed by atoms with E-state index in [1.165, 1.54) is 129 Å². The number of carbonyl (C=O) groups excluding carboxylic acids is 1. The Labute approximate surface area is 304 Å². The van der Waals surface area contributed by atoms with E-state index in [2.05, 4.69) is 32.6 Å². The molecular formula is C43H83NO5. The third-order valence-electron chi connectivity index (χ3n) is 11.5. The molecule has 1 spiro atoms. The molecule has 6 nitrogen and oxygen atoms in total. The molecule has 2 fully saturated rings. The molecule has 1 saturated carbocycles. The van der Waals surface area contributed by atoms with Crippen molar-refractivity contribution < 1.29 is 24.5 Å². The summed E-state index contributed by atoms with van der Waals surface area (Å²) < 4.78 is 6.15. The van der Waals surface area contributed by atoms with Crippen LogP contribution >= 0.6 is 0 Å². The molecule has 3 unspecified atom stereocenters. The zero-order valence-corrected chi connectivity index (χ0v) is 33.1. The van der Waals surface area contributed by atoms with Gasteiger partial charge >= 0.3 is 11.9 Å². The minimum atomic E-state index is -0.588. The normalized spacial score (nSPS) is 18.6. The van der Waals surface area contributed by atoms with E-state index >= 15 is 0 Å². The second kappa shape index (κ2) is 30.5. The molecule has 1 saturated heterocycles. The van der Waals surface area contributed by atoms with Crippen molar-refractivity contribution in [1.82, 2.24) is 4.90 Å². The Morgan fingerprint density at radius 2 is 1.08 bits per heavy atom. The number of nitrogens with zero attached hydrogens (tertiary/aromatic N) is 1. The van der Waals surface area contributed by atoms with Gasteiger partial charge in [-0.3, -0.25) is 9.59 Å². The maximum Gasteiger partial charge on any atom is 0.309 e. The van der Waals surface area contributed by atoms with Gasteiger partial charge in [0.25, 0.3) is 0 Å². The standard InChI is InChI=1S/C28H53NO3.C15H30O2/c1-3-5-7-8-9-11-15-25(14-10-6-4-2)27(31)32-26-16-17-28(24-26)18-21-29(22-19-28)20-12-13-23-30;1-3-5-7-8-9-11-13-14(15(16)17)12-10-6-4-2/h25-26,30H,3-24H2,1-2H3;14H,3-13H2,1-2H3,(H,16,17). The summed E-state index contributed by atoms with van der Waals surface area (Å²) in [5.41, 5.74) is 0.412. The molecule has 3 atom stereocenters. The third-order valence-corrected chi connectivity index (χ3v) is 11.5. The van der Waals surface area contributed by atoms with Crippen molar-refractivity contribution in [2.45, 2.75) is 220 Å². The van der Waals surface area contributed by atoms with Crippen LogP contribution in [0.1, 0.15) is 214 Å². The Morgan fingerprint density at radius 1 is 0.633 bits per heavy atom. The molecular weight excluding hydrogens is 610 g/mol. The fraction of sp³-hybridized carbons (Fsp3) is 0.953. The molecule has 6 heteroatoms. The van der Waals surface area contributed by atoms with Gasteiger partial charge in [0.2, 0.25) is 0 Å². The molecule has 1 heterocycles. The molecule has 2 rings (SSSR count). The number of piperidine rings is 1. The van der Waals surface area contributed by atoms with Crippen LogP contribution in [0.3, 0.4) is 0 Å². The molecule has 49 heavy (non-hydrogen) atoms. The molecule has 2 aliphatic rings. The van der Waals surface area contributed by atoms with Gasteiger partial charge in [0.05, 0.1) is 11.8 Å². The quantitative estimate of drug-likeness (QED) is 0.0599. The second-order valence-corrected chi connectivity index (χ2v) is 15.9. The van der Waals surface area contributed by atoms with E-state index in [0.717, 1.165) is 77.2 Å². The van der Waals surface area contributed by atoms with Gasteiger partial charge in [0, 0.05) is 6.61 Å². The predicted octanol–water partition coefficient (Wildman–Crippen LogP) is 11.9. The van der Waals surface area contributed by atoms with Crippen molar-refractivity contribution in [2.75, 3.05) is 26.2 Å². The zero-order valence-electron chi connectivity index (χ0n) is 33.1. The number of rotatable bonds is 29. The van der Waals surface area contributed by atoms with Gasteiger partial charge in [-0.05, 0) is 95.7 Å². The minimum Gasteiger partial charge on any atom is -0.481 e. The third kappa shape index (κ3) is 22.4. The summed E-state index contributed by atoms with van der Waals surface area (Å²) in [5, 5.41) is 18.1. The highest BCUT2D eigenvalue weighted by Crippen LogP contribution is 2.47. The summed E-state index contributed by atoms with van der Waals surface area (Å²) in [6.07, 6.45) is 34.0. The fourth-order valence-electron chi connectivity index (χ4n) is 8.06. The van der Waals surface area contributed by atoms with Crippen molar-refractivity contribution in [3.8, 4) is 0 Å². The van der Waals surface area contributed by atoms with Crippen LogP contribution in [-0.4, -0.2) is 59.4 Å². The predicted molar refractivity (Wildman–Crippen MR) is 207 cm³/mol. The van der Waals surface area contributed by atoms with Gasteiger partial charge in [-0.25, -0.2) is 0 Å². The number of unbranched alkanes of at least 4 members (excludes halogenated alkanes) is 15. The molecule has 0 aromatic rings. The summed E-state index contributed by atoms with van der Waals surface area (Å²) in [6.45, 7) is 12.6. The van der Waals surface area contributed by atoms with Crippen LogP contribution in [0.25, 0.3) is 0 Å². The van der Waals surface area contributed by atoms with Crippen LogP contribution < -0.4 is 0 Å². The lowest BCUT2D eigenvalue weighted by atomic mass is 9.77. The van der Waals surface area contributed by atoms with Crippen molar-refractivity contribution in [3.05, 3.63) is 0 Å². The number of carboxylic acid groups (broad SMARTS) is 1. The highest BCUT2D eigenvalue weighted by molar-refractivity contribution is 5.72. The van der Waals surface area contributed by atoms with Crippen LogP contribution in [0.5, 0.6) is 0 Å². The van der Waals surface area contributed by atoms with E-state index in [1.54, 1.807) is 0 Å². The number of aliphatic carboxylic acids is 1. The first-order valence-electron chi connectivity index (χ1n) is 21.6. The Bertz CT molecular complexity index is 780. The lowest BCUT2D eigenvalue weighted by Gasteiger charge is -2.39. The molecule has 0 aromatic carbocycles. The number of ether oxygens (including phenoxy) is 1. The second-order valence-electron chi connectivity index (χ2n) is 15.9. The van der Waals surface area contributed by atoms with E-state index in [-0.39, 0.29) is 23.9 Å². The number of carbonyl (C=O) groups is 2. The summed E-state index contributed by atoms with van der Waals surface area (Å²) in [5.74, 6) is -0.446. The van der Waals surface area contributed by atoms with Crippen LogP contribution in [0.15, 0.2) is 0 Å². The monoisotopic (exact) mass is 694 g/mol. The zero-order chi connectivity index (χ0) is 36.0. The molecule has 290 valence electrons. The van der Waals surface area contributed by atoms with Crippen LogP contribution in [0.4, 0.5) is 0 Å². The van der Waals surface area contributed by atoms with Crippen molar-refractivity contribution >= 4 is 11.9 Å². The summed E-state index contributed by atoms with van der Waals surface area (Å²) in [4.78, 5) is 26.7. The van der Waals surface area contributed by atoms with Gasteiger partial charge < -0.3 is 19.8 Å². The molecule has 0 amide bonds. The molecule has 0 radical (unpaired) electrons. The van der Waals surface area contributed by atoms with Crippen LogP contribution in [0.2, 0.25) is 0 Å². The molecule has 0 bridgehead atoms. The van der Waals surface area contributed by atoms with E-state index < -0.39 is 5.97 Å². The largest absolute Gasteiger partial charge is 0.481 e. The van der Waals surface area contributed by atoms with Gasteiger partial charge in [-0.15, -0.1) is 0 Å². The number of hydrogen-bond acceptors (Lipinski definition) is 5. The maximum absolute atomic E-state index is 13.1. The van der Waals surface area contributed by atoms with E-state index in [9.17, 15) is 9.59 Å². The van der Waals surface area contributed by atoms with E-state index in [0.29, 0.717) is 12.0 Å². The first-order valence-corrected chi connectivity index (χ1v) is 21.6. The van der Waals surface area contributed by atoms with E-state index in [1.807, 2.05) is 0 Å². The van der Waals surface area contributed by atoms with Crippen molar-refractivity contribution in [1.29, 1.82) is 0 Å². The number of esters is 1. The molecule has 1 aliphatic carbocycles. The number of hydrogen-bond donors (Lipinski definition) is 2. The number of aliphatic hydroxyl groups excluding tert-OH is 1. The Morgan fingerprint density at radius 3 is 1.57 bits per heavy atom. The SMILES string of the molecule is CCCCCCCCC(CCCCC)C(=O)O.CCCCCCCCC(CCCCC)C(=O)OC1CCC2(CCN(CCCCO)CC2)C1. The maximum atomic E-state index is 13.1. The summed E-state index contributed by atoms with van der Waals surface area (Å²) >= 11 is 0. The van der Waals surface area contributed by atoms with Crippen molar-refractivity contribution in [2.24, 2.45) is 17.3 Å². The van der Waals surface area contributed by atoms with Crippen molar-refractivity contribution in [3.63, 3.8) is 0 Å². The Balaban J connectivity index is 0.000000598. The van der Waals surface area contributed by atoms with Gasteiger partial charge in [-0.2, -0.15) is 0 Å². The lowest BCUT2D eigenvalue weighted by Crippen LogP contribution is -2.39. The molecule has 2 N–H and O–H groups in total. The highest BCUT2D eigenvalue weighted by Gasteiger charge is 2.43. The minimum absolute atomic E-state index is 0.0901. The average molecular weight is 694 g/mol. The van der Waals surface area contributed by atoms with E-state index in [4.69, 9.17) is 14.9 Å². The number of aliphatic hydroxyl groups is 1. The van der Waals surface area contributed by atoms with Gasteiger partial charge in [0.1, 0.15) is 6.10 Å². The van der Waals surface area contributed by atoms with Crippen LogP contribution in [0, 0.1) is 17.3 Å². The lowest BCUT2D eigenvalue weighted by molar-refractivity contribution is -0.155. The number of carboxylic acids is 1. The fourth-order valence-corrected chi connectivity index (χ4v) is 8.06. The highest BCUT2D eigenvalue weighted by atomic mass is 16.5. The van der Waals surface area contributed by atoms with Gasteiger partial charge in [0.15, 0.2) is 0 Å². The summed E-state index contributed by atoms with van der Waals surface area (Å²) in [6, 6.07) is 0. The Kier molecular flexibility index (Phi) is 28.5. The average Bonchev–Trinajstić information content (AvgIpc) is 3.48. The molecule has 0 aromatic heterocycles. The Hall–Kier alpha value is -1.14.